The van der Waals surface area contributed by atoms with E-state index in [1.165, 1.54) is 18.5 Å². The summed E-state index contributed by atoms with van der Waals surface area (Å²) in [4.78, 5) is 42.1. The van der Waals surface area contributed by atoms with Crippen molar-refractivity contribution in [3.8, 4) is 5.69 Å². The van der Waals surface area contributed by atoms with Crippen molar-refractivity contribution in [2.24, 2.45) is 0 Å². The second-order valence-corrected chi connectivity index (χ2v) is 5.86. The van der Waals surface area contributed by atoms with Crippen LogP contribution in [0.5, 0.6) is 0 Å². The highest BCUT2D eigenvalue weighted by Gasteiger charge is 2.21. The van der Waals surface area contributed by atoms with Crippen LogP contribution in [-0.4, -0.2) is 34.1 Å². The summed E-state index contributed by atoms with van der Waals surface area (Å²) >= 11 is 0. The first-order chi connectivity index (χ1) is 13.0. The zero-order valence-corrected chi connectivity index (χ0v) is 13.4. The minimum atomic E-state index is -0.629. The van der Waals surface area contributed by atoms with Crippen LogP contribution in [0.1, 0.15) is 0 Å². The Morgan fingerprint density at radius 1 is 1.11 bits per heavy atom. The highest BCUT2D eigenvalue weighted by Crippen LogP contribution is 2.30. The fraction of sp³-hybridized carbons (Fsp3) is 0. The number of imidazole rings is 1. The van der Waals surface area contributed by atoms with E-state index >= 15 is 0 Å². The monoisotopic (exact) mass is 363 g/mol. The van der Waals surface area contributed by atoms with E-state index in [2.05, 4.69) is 20.2 Å². The SMILES string of the molecule is O=c1[nH]c2cc([N+](=O)[O-])c(-n3cnc4ccccc43)cc2n2c(=O)[nH]nc12. The first kappa shape index (κ1) is 15.0. The molecule has 0 aliphatic carbocycles. The molecule has 0 saturated heterocycles. The molecule has 3 heterocycles. The van der Waals surface area contributed by atoms with Crippen LogP contribution in [-0.2, 0) is 0 Å². The van der Waals surface area contributed by atoms with Gasteiger partial charge in [-0.3, -0.25) is 19.5 Å². The molecule has 0 aliphatic rings. The summed E-state index contributed by atoms with van der Waals surface area (Å²) in [5.41, 5.74) is 0.367. The van der Waals surface area contributed by atoms with E-state index in [9.17, 15) is 19.7 Å². The lowest BCUT2D eigenvalue weighted by molar-refractivity contribution is -0.384. The van der Waals surface area contributed by atoms with Gasteiger partial charge in [0.1, 0.15) is 12.0 Å². The molecule has 0 spiro atoms. The number of hydrogen-bond acceptors (Lipinski definition) is 6. The average Bonchev–Trinajstić information content (AvgIpc) is 3.25. The van der Waals surface area contributed by atoms with Crippen LogP contribution in [0, 0.1) is 10.1 Å². The number of nitrogens with zero attached hydrogens (tertiary/aromatic N) is 5. The Kier molecular flexibility index (Phi) is 2.84. The molecule has 0 atom stereocenters. The summed E-state index contributed by atoms with van der Waals surface area (Å²) in [6.45, 7) is 0. The van der Waals surface area contributed by atoms with Crippen molar-refractivity contribution in [1.29, 1.82) is 0 Å². The molecule has 5 rings (SSSR count). The van der Waals surface area contributed by atoms with Crippen molar-refractivity contribution in [2.75, 3.05) is 0 Å². The summed E-state index contributed by atoms with van der Waals surface area (Å²) < 4.78 is 2.65. The highest BCUT2D eigenvalue weighted by molar-refractivity contribution is 5.86. The van der Waals surface area contributed by atoms with Crippen LogP contribution >= 0.6 is 0 Å². The van der Waals surface area contributed by atoms with Crippen LogP contribution in [0.15, 0.2) is 52.3 Å². The van der Waals surface area contributed by atoms with Crippen molar-refractivity contribution in [1.82, 2.24) is 29.1 Å². The Bertz CT molecular complexity index is 1500. The number of aromatic amines is 2. The van der Waals surface area contributed by atoms with E-state index in [4.69, 9.17) is 0 Å². The van der Waals surface area contributed by atoms with E-state index in [-0.39, 0.29) is 28.1 Å². The van der Waals surface area contributed by atoms with Gasteiger partial charge in [-0.05, 0) is 18.2 Å². The van der Waals surface area contributed by atoms with Gasteiger partial charge in [-0.2, -0.15) is 0 Å². The average molecular weight is 363 g/mol. The molecule has 2 N–H and O–H groups in total. The standard InChI is InChI=1S/C16H9N7O4/c24-15-14-19-20-16(25)22(14)11-6-12(13(23(26)27)5-9(11)18-15)21-7-17-8-3-1-2-4-10(8)21/h1-7H,(H,18,24)(H,20,25). The molecule has 132 valence electrons. The fourth-order valence-corrected chi connectivity index (χ4v) is 3.19. The van der Waals surface area contributed by atoms with Crippen molar-refractivity contribution < 1.29 is 4.92 Å². The fourth-order valence-electron chi connectivity index (χ4n) is 3.19. The number of H-pyrrole nitrogens is 2. The summed E-state index contributed by atoms with van der Waals surface area (Å²) in [6.07, 6.45) is 1.47. The van der Waals surface area contributed by atoms with Crippen molar-refractivity contribution in [2.45, 2.75) is 0 Å². The smallest absolute Gasteiger partial charge is 0.317 e. The molecule has 0 saturated carbocycles. The number of fused-ring (bicyclic) bond motifs is 4. The van der Waals surface area contributed by atoms with Gasteiger partial charge in [0.15, 0.2) is 0 Å². The van der Waals surface area contributed by atoms with Crippen LogP contribution in [0.2, 0.25) is 0 Å². The molecule has 3 aromatic heterocycles. The lowest BCUT2D eigenvalue weighted by atomic mass is 10.2. The second kappa shape index (κ2) is 5.11. The lowest BCUT2D eigenvalue weighted by Crippen LogP contribution is -2.17. The van der Waals surface area contributed by atoms with E-state index in [0.717, 1.165) is 4.40 Å². The predicted molar refractivity (Wildman–Crippen MR) is 95.2 cm³/mol. The van der Waals surface area contributed by atoms with Crippen LogP contribution < -0.4 is 11.2 Å². The first-order valence-corrected chi connectivity index (χ1v) is 7.78. The van der Waals surface area contributed by atoms with E-state index in [1.54, 1.807) is 22.8 Å². The maximum atomic E-state index is 12.1. The molecule has 11 nitrogen and oxygen atoms in total. The molecule has 0 unspecified atom stereocenters. The van der Waals surface area contributed by atoms with Crippen molar-refractivity contribution in [3.63, 3.8) is 0 Å². The predicted octanol–water partition coefficient (Wildman–Crippen LogP) is 1.11. The Morgan fingerprint density at radius 3 is 2.74 bits per heavy atom. The zero-order chi connectivity index (χ0) is 18.7. The third-order valence-corrected chi connectivity index (χ3v) is 4.37. The van der Waals surface area contributed by atoms with Crippen molar-refractivity contribution >= 4 is 33.4 Å². The highest BCUT2D eigenvalue weighted by atomic mass is 16.6. The van der Waals surface area contributed by atoms with E-state index < -0.39 is 16.2 Å². The molecular formula is C16H9N7O4. The lowest BCUT2D eigenvalue weighted by Gasteiger charge is -2.08. The Morgan fingerprint density at radius 2 is 1.93 bits per heavy atom. The van der Waals surface area contributed by atoms with Gasteiger partial charge in [-0.15, -0.1) is 5.10 Å². The topological polar surface area (TPSA) is 144 Å². The van der Waals surface area contributed by atoms with Gasteiger partial charge in [0, 0.05) is 6.07 Å². The van der Waals surface area contributed by atoms with Crippen molar-refractivity contribution in [3.05, 3.63) is 73.7 Å². The van der Waals surface area contributed by atoms with E-state index in [0.29, 0.717) is 11.0 Å². The third kappa shape index (κ3) is 2.02. The maximum Gasteiger partial charge on any atom is 0.348 e. The number of nitro benzene ring substituents is 1. The minimum Gasteiger partial charge on any atom is -0.317 e. The number of benzene rings is 2. The van der Waals surface area contributed by atoms with Gasteiger partial charge in [0.25, 0.3) is 11.2 Å². The third-order valence-electron chi connectivity index (χ3n) is 4.37. The molecule has 0 fully saturated rings. The Hall–Kier alpha value is -4.28. The molecule has 27 heavy (non-hydrogen) atoms. The first-order valence-electron chi connectivity index (χ1n) is 7.78. The quantitative estimate of drug-likeness (QED) is 0.355. The Labute approximate surface area is 147 Å². The van der Waals surface area contributed by atoms with Gasteiger partial charge in [0.2, 0.25) is 5.65 Å². The van der Waals surface area contributed by atoms with Crippen LogP contribution in [0.3, 0.4) is 0 Å². The van der Waals surface area contributed by atoms with E-state index in [1.807, 2.05) is 6.07 Å². The number of para-hydroxylation sites is 2. The maximum absolute atomic E-state index is 12.1. The molecule has 5 aromatic rings. The van der Waals surface area contributed by atoms with Gasteiger partial charge < -0.3 is 4.98 Å². The van der Waals surface area contributed by atoms with Gasteiger partial charge >= 0.3 is 5.69 Å². The van der Waals surface area contributed by atoms with Crippen LogP contribution in [0.4, 0.5) is 5.69 Å². The number of nitro groups is 1. The number of rotatable bonds is 2. The van der Waals surface area contributed by atoms with Crippen LogP contribution in [0.25, 0.3) is 33.4 Å². The molecule has 0 bridgehead atoms. The summed E-state index contributed by atoms with van der Waals surface area (Å²) in [5.74, 6) is 0. The second-order valence-electron chi connectivity index (χ2n) is 5.86. The minimum absolute atomic E-state index is 0.122. The molecular weight excluding hydrogens is 354 g/mol. The molecule has 0 radical (unpaired) electrons. The molecule has 0 aliphatic heterocycles. The number of nitrogens with one attached hydrogen (secondary N) is 2. The normalized spacial score (nSPS) is 11.6. The zero-order valence-electron chi connectivity index (χ0n) is 13.4. The van der Waals surface area contributed by atoms with Gasteiger partial charge in [-0.25, -0.2) is 19.3 Å². The molecule has 0 amide bonds. The number of aromatic nitrogens is 6. The largest absolute Gasteiger partial charge is 0.348 e. The summed E-state index contributed by atoms with van der Waals surface area (Å²) in [7, 11) is 0. The molecule has 2 aromatic carbocycles. The molecule has 11 heteroatoms. The number of hydrogen-bond donors (Lipinski definition) is 2. The van der Waals surface area contributed by atoms with Gasteiger partial charge in [-0.1, -0.05) is 12.1 Å². The summed E-state index contributed by atoms with van der Waals surface area (Å²) in [6, 6.07) is 9.86. The summed E-state index contributed by atoms with van der Waals surface area (Å²) in [5, 5.41) is 17.6. The van der Waals surface area contributed by atoms with Gasteiger partial charge in [0.05, 0.1) is 27.0 Å². The Balaban J connectivity index is 1.98.